The molecule has 240 valence electrons. The molecule has 0 fully saturated rings. The van der Waals surface area contributed by atoms with Crippen molar-refractivity contribution in [3.63, 3.8) is 0 Å². The van der Waals surface area contributed by atoms with Crippen molar-refractivity contribution in [1.29, 1.82) is 0 Å². The molecule has 0 amide bonds. The number of benzene rings is 1. The van der Waals surface area contributed by atoms with Crippen molar-refractivity contribution in [2.75, 3.05) is 6.61 Å². The van der Waals surface area contributed by atoms with E-state index in [2.05, 4.69) is 94.4 Å². The van der Waals surface area contributed by atoms with Gasteiger partial charge in [-0.05, 0) is 104 Å². The fourth-order valence-electron chi connectivity index (χ4n) is 5.57. The van der Waals surface area contributed by atoms with E-state index in [1.165, 1.54) is 116 Å². The lowest BCUT2D eigenvalue weighted by Crippen LogP contribution is -2.06. The van der Waals surface area contributed by atoms with Gasteiger partial charge in [-0.15, -0.1) is 45.3 Å². The molecule has 45 heavy (non-hydrogen) atoms. The van der Waals surface area contributed by atoms with Crippen LogP contribution in [0.25, 0.3) is 39.7 Å². The zero-order chi connectivity index (χ0) is 31.4. The van der Waals surface area contributed by atoms with E-state index in [1.807, 2.05) is 45.3 Å². The van der Waals surface area contributed by atoms with Crippen LogP contribution < -0.4 is 4.74 Å². The summed E-state index contributed by atoms with van der Waals surface area (Å²) in [5.74, 6) is 1.54. The molecule has 5 rings (SSSR count). The first-order chi connectivity index (χ1) is 22.0. The van der Waals surface area contributed by atoms with Crippen LogP contribution in [0.1, 0.15) is 102 Å². The molecule has 1 nitrogen and oxygen atoms in total. The van der Waals surface area contributed by atoms with Crippen LogP contribution >= 0.6 is 45.3 Å². The highest BCUT2D eigenvalue weighted by Gasteiger charge is 2.15. The number of hydrogen-bond donors (Lipinski definition) is 0. The molecule has 1 atom stereocenters. The van der Waals surface area contributed by atoms with Gasteiger partial charge in [-0.25, -0.2) is 0 Å². The fourth-order valence-corrected chi connectivity index (χ4v) is 10.2. The monoisotopic (exact) mass is 674 g/mol. The molecule has 4 aromatic heterocycles. The Labute approximate surface area is 288 Å². The van der Waals surface area contributed by atoms with Gasteiger partial charge in [-0.3, -0.25) is 0 Å². The van der Waals surface area contributed by atoms with E-state index in [1.54, 1.807) is 4.88 Å². The topological polar surface area (TPSA) is 9.23 Å². The molecule has 0 aliphatic rings. The van der Waals surface area contributed by atoms with Gasteiger partial charge in [0.1, 0.15) is 5.75 Å². The van der Waals surface area contributed by atoms with Gasteiger partial charge in [0.25, 0.3) is 0 Å². The summed E-state index contributed by atoms with van der Waals surface area (Å²) in [6.07, 6.45) is 16.4. The van der Waals surface area contributed by atoms with Gasteiger partial charge in [-0.1, -0.05) is 85.0 Å². The van der Waals surface area contributed by atoms with Crippen molar-refractivity contribution in [2.45, 2.75) is 105 Å². The number of rotatable bonds is 19. The van der Waals surface area contributed by atoms with Crippen LogP contribution in [-0.2, 0) is 6.42 Å². The van der Waals surface area contributed by atoms with Gasteiger partial charge < -0.3 is 4.74 Å². The van der Waals surface area contributed by atoms with Crippen molar-refractivity contribution >= 4 is 45.3 Å². The van der Waals surface area contributed by atoms with E-state index >= 15 is 0 Å². The Bertz CT molecular complexity index is 1560. The van der Waals surface area contributed by atoms with Crippen molar-refractivity contribution in [3.8, 4) is 45.5 Å². The van der Waals surface area contributed by atoms with Gasteiger partial charge in [0.15, 0.2) is 0 Å². The molecule has 5 heteroatoms. The molecule has 0 saturated carbocycles. The van der Waals surface area contributed by atoms with E-state index in [0.717, 1.165) is 18.8 Å². The molecule has 0 unspecified atom stereocenters. The van der Waals surface area contributed by atoms with Gasteiger partial charge in [0, 0.05) is 39.0 Å². The highest BCUT2D eigenvalue weighted by atomic mass is 32.1. The molecule has 0 saturated heterocycles. The Kier molecular flexibility index (Phi) is 13.4. The first-order valence-electron chi connectivity index (χ1n) is 17.2. The predicted octanol–water partition coefficient (Wildman–Crippen LogP) is 14.8. The largest absolute Gasteiger partial charge is 0.493 e. The van der Waals surface area contributed by atoms with Gasteiger partial charge >= 0.3 is 0 Å². The van der Waals surface area contributed by atoms with Crippen LogP contribution in [0.5, 0.6) is 5.75 Å². The van der Waals surface area contributed by atoms with E-state index in [-0.39, 0.29) is 0 Å². The molecular weight excluding hydrogens is 625 g/mol. The highest BCUT2D eigenvalue weighted by molar-refractivity contribution is 7.29. The fraction of sp³-hybridized carbons (Fsp3) is 0.450. The minimum Gasteiger partial charge on any atom is -0.493 e. The third-order valence-corrected chi connectivity index (χ3v) is 13.8. The smallest absolute Gasteiger partial charge is 0.119 e. The van der Waals surface area contributed by atoms with Gasteiger partial charge in [0.05, 0.1) is 6.61 Å². The van der Waals surface area contributed by atoms with Crippen molar-refractivity contribution in [3.05, 3.63) is 77.2 Å². The number of unbranched alkanes of at least 4 members (excludes halogenated alkanes) is 9. The number of aryl methyl sites for hydroxylation is 2. The third-order valence-electron chi connectivity index (χ3n) is 8.65. The van der Waals surface area contributed by atoms with E-state index < -0.39 is 0 Å². The van der Waals surface area contributed by atoms with Crippen molar-refractivity contribution in [2.24, 2.45) is 5.92 Å². The molecule has 1 aromatic carbocycles. The quantitative estimate of drug-likeness (QED) is 0.0792. The average Bonchev–Trinajstić information content (AvgIpc) is 3.88. The summed E-state index contributed by atoms with van der Waals surface area (Å²) in [6, 6.07) is 24.8. The Balaban J connectivity index is 1.13. The Morgan fingerprint density at radius 3 is 1.82 bits per heavy atom. The Morgan fingerprint density at radius 2 is 1.16 bits per heavy atom. The molecule has 0 aliphatic carbocycles. The van der Waals surface area contributed by atoms with Crippen LogP contribution in [0.15, 0.2) is 66.7 Å². The molecule has 0 spiro atoms. The average molecular weight is 675 g/mol. The number of hydrogen-bond acceptors (Lipinski definition) is 5. The summed E-state index contributed by atoms with van der Waals surface area (Å²) >= 11 is 7.74. The standard InChI is InChI=1S/C40H50OS4/c1-5-7-8-9-10-11-12-13-14-15-16-33-21-22-38(42-33)40-30(4)27-39(45-40)37-26-25-36(44-37)35-24-23-34(43-35)31-17-19-32(20-18-31)41-28-29(3)6-2/h17-27,29H,5-16,28H2,1-4H3/t29-/m0/s1. The normalized spacial score (nSPS) is 12.2. The zero-order valence-corrected chi connectivity index (χ0v) is 30.9. The second-order valence-electron chi connectivity index (χ2n) is 12.5. The first kappa shape index (κ1) is 34.2. The summed E-state index contributed by atoms with van der Waals surface area (Å²) in [4.78, 5) is 11.1. The Hall–Kier alpha value is -2.18. The predicted molar refractivity (Wildman–Crippen MR) is 205 cm³/mol. The zero-order valence-electron chi connectivity index (χ0n) is 27.7. The number of thiophene rings is 4. The van der Waals surface area contributed by atoms with Crippen LogP contribution in [0.2, 0.25) is 0 Å². The van der Waals surface area contributed by atoms with Crippen LogP contribution in [0.3, 0.4) is 0 Å². The van der Waals surface area contributed by atoms with E-state index in [4.69, 9.17) is 4.74 Å². The molecule has 5 aromatic rings. The lowest BCUT2D eigenvalue weighted by molar-refractivity contribution is 0.256. The summed E-state index contributed by atoms with van der Waals surface area (Å²) < 4.78 is 5.96. The van der Waals surface area contributed by atoms with Gasteiger partial charge in [-0.2, -0.15) is 0 Å². The Morgan fingerprint density at radius 1 is 0.578 bits per heavy atom. The van der Waals surface area contributed by atoms with Crippen LogP contribution in [0.4, 0.5) is 0 Å². The first-order valence-corrected chi connectivity index (χ1v) is 20.4. The van der Waals surface area contributed by atoms with E-state index in [9.17, 15) is 0 Å². The maximum absolute atomic E-state index is 5.96. The lowest BCUT2D eigenvalue weighted by Gasteiger charge is -2.11. The van der Waals surface area contributed by atoms with E-state index in [0.29, 0.717) is 5.92 Å². The summed E-state index contributed by atoms with van der Waals surface area (Å²) in [5.41, 5.74) is 2.65. The second kappa shape index (κ2) is 17.7. The maximum atomic E-state index is 5.96. The molecular formula is C40H50OS4. The van der Waals surface area contributed by atoms with Gasteiger partial charge in [0.2, 0.25) is 0 Å². The summed E-state index contributed by atoms with van der Waals surface area (Å²) in [5, 5.41) is 0. The highest BCUT2D eigenvalue weighted by Crippen LogP contribution is 2.45. The van der Waals surface area contributed by atoms with Crippen LogP contribution in [-0.4, -0.2) is 6.61 Å². The molecule has 0 radical (unpaired) electrons. The third kappa shape index (κ3) is 9.91. The maximum Gasteiger partial charge on any atom is 0.119 e. The minimum absolute atomic E-state index is 0.581. The summed E-state index contributed by atoms with van der Waals surface area (Å²) in [6.45, 7) is 9.79. The van der Waals surface area contributed by atoms with Crippen LogP contribution in [0, 0.1) is 12.8 Å². The molecule has 0 N–H and O–H groups in total. The molecule has 4 heterocycles. The second-order valence-corrected chi connectivity index (χ2v) is 16.9. The SMILES string of the molecule is CCCCCCCCCCCCc1ccc(-c2sc(-c3ccc(-c4ccc(-c5ccc(OC[C@@H](C)CC)cc5)s4)s3)cc2C)s1. The van der Waals surface area contributed by atoms with Crippen molar-refractivity contribution in [1.82, 2.24) is 0 Å². The van der Waals surface area contributed by atoms with Crippen molar-refractivity contribution < 1.29 is 4.74 Å². The molecule has 0 bridgehead atoms. The minimum atomic E-state index is 0.581. The molecule has 0 aliphatic heterocycles. The lowest BCUT2D eigenvalue weighted by atomic mass is 10.1. The summed E-state index contributed by atoms with van der Waals surface area (Å²) in [7, 11) is 0. The number of ether oxygens (including phenoxy) is 1.